The molecule has 1 rings (SSSR count). The predicted octanol–water partition coefficient (Wildman–Crippen LogP) is 2.20. The van der Waals surface area contributed by atoms with Crippen molar-refractivity contribution in [1.82, 2.24) is 4.31 Å². The molecule has 1 aromatic carbocycles. The molecule has 0 bridgehead atoms. The molecule has 0 heterocycles. The van der Waals surface area contributed by atoms with E-state index in [9.17, 15) is 8.42 Å². The van der Waals surface area contributed by atoms with Gasteiger partial charge in [-0.3, -0.25) is 0 Å². The highest BCUT2D eigenvalue weighted by atomic mass is 35.5. The molecule has 1 unspecified atom stereocenters. The molecule has 110 valence electrons. The largest absolute Gasteiger partial charge is 0.329 e. The molecule has 0 spiro atoms. The molecule has 0 aliphatic rings. The van der Waals surface area contributed by atoms with Gasteiger partial charge in [-0.25, -0.2) is 8.42 Å². The van der Waals surface area contributed by atoms with Gasteiger partial charge in [-0.15, -0.1) is 12.4 Å². The van der Waals surface area contributed by atoms with Gasteiger partial charge in [-0.2, -0.15) is 4.31 Å². The van der Waals surface area contributed by atoms with E-state index in [1.807, 2.05) is 12.1 Å². The predicted molar refractivity (Wildman–Crippen MR) is 81.2 cm³/mol. The number of hydrogen-bond acceptors (Lipinski definition) is 3. The molecule has 19 heavy (non-hydrogen) atoms. The maximum absolute atomic E-state index is 12.3. The van der Waals surface area contributed by atoms with E-state index in [1.165, 1.54) is 4.31 Å². The third-order valence-electron chi connectivity index (χ3n) is 3.19. The number of benzene rings is 1. The summed E-state index contributed by atoms with van der Waals surface area (Å²) in [6.07, 6.45) is 0. The summed E-state index contributed by atoms with van der Waals surface area (Å²) in [5.74, 6) is 0.391. The van der Waals surface area contributed by atoms with Crippen molar-refractivity contribution in [2.45, 2.75) is 37.6 Å². The number of sulfonamides is 1. The topological polar surface area (TPSA) is 63.4 Å². The van der Waals surface area contributed by atoms with Gasteiger partial charge in [0, 0.05) is 19.6 Å². The highest BCUT2D eigenvalue weighted by molar-refractivity contribution is 7.89. The maximum Gasteiger partial charge on any atom is 0.243 e. The molecule has 0 saturated carbocycles. The van der Waals surface area contributed by atoms with E-state index < -0.39 is 10.0 Å². The lowest BCUT2D eigenvalue weighted by Crippen LogP contribution is -2.39. The van der Waals surface area contributed by atoms with Gasteiger partial charge >= 0.3 is 0 Å². The number of nitrogens with two attached hydrogens (primary N) is 1. The van der Waals surface area contributed by atoms with Gasteiger partial charge in [0.2, 0.25) is 10.0 Å². The van der Waals surface area contributed by atoms with Gasteiger partial charge < -0.3 is 5.73 Å². The Morgan fingerprint density at radius 2 is 1.63 bits per heavy atom. The Bertz CT molecular complexity index is 486. The molecular formula is C13H23ClN2O2S. The van der Waals surface area contributed by atoms with Crippen LogP contribution in [0.2, 0.25) is 0 Å². The molecule has 0 aliphatic heterocycles. The molecule has 0 amide bonds. The van der Waals surface area contributed by atoms with E-state index >= 15 is 0 Å². The van der Waals surface area contributed by atoms with Crippen LogP contribution in [-0.4, -0.2) is 32.4 Å². The number of halogens is 1. The molecule has 4 nitrogen and oxygen atoms in total. The second-order valence-corrected chi connectivity index (χ2v) is 6.83. The Balaban J connectivity index is 0.00000324. The molecule has 2 N–H and O–H groups in total. The first-order valence-electron chi connectivity index (χ1n) is 6.08. The van der Waals surface area contributed by atoms with Crippen molar-refractivity contribution in [3.8, 4) is 0 Å². The fraction of sp³-hybridized carbons (Fsp3) is 0.538. The van der Waals surface area contributed by atoms with Crippen LogP contribution >= 0.6 is 12.4 Å². The summed E-state index contributed by atoms with van der Waals surface area (Å²) in [7, 11) is -1.88. The number of hydrogen-bond donors (Lipinski definition) is 1. The quantitative estimate of drug-likeness (QED) is 0.907. The zero-order valence-electron chi connectivity index (χ0n) is 11.8. The normalized spacial score (nSPS) is 13.4. The summed E-state index contributed by atoms with van der Waals surface area (Å²) in [5.41, 5.74) is 6.63. The lowest BCUT2D eigenvalue weighted by molar-refractivity contribution is 0.394. The van der Waals surface area contributed by atoms with E-state index in [-0.39, 0.29) is 18.4 Å². The summed E-state index contributed by atoms with van der Waals surface area (Å²) in [4.78, 5) is 0.315. The van der Waals surface area contributed by atoms with Crippen molar-refractivity contribution in [3.63, 3.8) is 0 Å². The molecule has 0 aromatic heterocycles. The summed E-state index contributed by atoms with van der Waals surface area (Å²) in [6.45, 7) is 6.25. The lowest BCUT2D eigenvalue weighted by Gasteiger charge is -2.23. The van der Waals surface area contributed by atoms with Crippen LogP contribution in [-0.2, 0) is 10.0 Å². The molecule has 1 aromatic rings. The van der Waals surface area contributed by atoms with Crippen molar-refractivity contribution < 1.29 is 8.42 Å². The van der Waals surface area contributed by atoms with Crippen LogP contribution in [0.1, 0.15) is 32.3 Å². The van der Waals surface area contributed by atoms with Gasteiger partial charge in [0.25, 0.3) is 0 Å². The Kier molecular flexibility index (Phi) is 7.00. The molecule has 1 atom stereocenters. The highest BCUT2D eigenvalue weighted by Gasteiger charge is 2.24. The van der Waals surface area contributed by atoms with Gasteiger partial charge in [-0.05, 0) is 30.5 Å². The van der Waals surface area contributed by atoms with Crippen molar-refractivity contribution in [2.75, 3.05) is 13.6 Å². The molecule has 0 saturated heterocycles. The van der Waals surface area contributed by atoms with Crippen LogP contribution < -0.4 is 5.73 Å². The second kappa shape index (κ2) is 7.24. The molecule has 0 radical (unpaired) electrons. The molecule has 0 aliphatic carbocycles. The first-order chi connectivity index (χ1) is 8.30. The first kappa shape index (κ1) is 18.4. The average Bonchev–Trinajstić information content (AvgIpc) is 2.36. The van der Waals surface area contributed by atoms with Gasteiger partial charge in [0.15, 0.2) is 0 Å². The average molecular weight is 307 g/mol. The number of rotatable bonds is 5. The van der Waals surface area contributed by atoms with Crippen LogP contribution in [0.4, 0.5) is 0 Å². The summed E-state index contributed by atoms with van der Waals surface area (Å²) in [6, 6.07) is 6.83. The van der Waals surface area contributed by atoms with E-state index in [0.29, 0.717) is 17.4 Å². The number of likely N-dealkylation sites (N-methyl/N-ethyl adjacent to an activating group) is 1. The van der Waals surface area contributed by atoms with Crippen LogP contribution in [0.3, 0.4) is 0 Å². The smallest absolute Gasteiger partial charge is 0.243 e. The molecule has 0 fully saturated rings. The second-order valence-electron chi connectivity index (χ2n) is 4.83. The Morgan fingerprint density at radius 1 is 1.16 bits per heavy atom. The van der Waals surface area contributed by atoms with Gasteiger partial charge in [-0.1, -0.05) is 26.0 Å². The van der Waals surface area contributed by atoms with Gasteiger partial charge in [0.1, 0.15) is 0 Å². The van der Waals surface area contributed by atoms with E-state index in [4.69, 9.17) is 5.73 Å². The standard InChI is InChI=1S/C13H22N2O2S.ClH/c1-10(2)12-5-7-13(8-6-12)18(16,17)15(4)11(3)9-14;/h5-8,10-11H,9,14H2,1-4H3;1H. The third kappa shape index (κ3) is 4.18. The van der Waals surface area contributed by atoms with Crippen LogP contribution in [0.5, 0.6) is 0 Å². The van der Waals surface area contributed by atoms with E-state index in [0.717, 1.165) is 5.56 Å². The minimum atomic E-state index is -3.44. The lowest BCUT2D eigenvalue weighted by atomic mass is 10.0. The third-order valence-corrected chi connectivity index (χ3v) is 5.17. The van der Waals surface area contributed by atoms with Crippen LogP contribution in [0.25, 0.3) is 0 Å². The maximum atomic E-state index is 12.3. The van der Waals surface area contributed by atoms with Crippen LogP contribution in [0, 0.1) is 0 Å². The Labute approximate surface area is 122 Å². The van der Waals surface area contributed by atoms with Crippen molar-refractivity contribution >= 4 is 22.4 Å². The van der Waals surface area contributed by atoms with Gasteiger partial charge in [0.05, 0.1) is 4.90 Å². The minimum absolute atomic E-state index is 0. The molecular weight excluding hydrogens is 284 g/mol. The summed E-state index contributed by atoms with van der Waals surface area (Å²) < 4.78 is 25.9. The summed E-state index contributed by atoms with van der Waals surface area (Å²) >= 11 is 0. The minimum Gasteiger partial charge on any atom is -0.329 e. The number of nitrogens with zero attached hydrogens (tertiary/aromatic N) is 1. The van der Waals surface area contributed by atoms with Crippen molar-refractivity contribution in [2.24, 2.45) is 5.73 Å². The SMILES string of the molecule is CC(C)c1ccc(S(=O)(=O)N(C)C(C)CN)cc1.Cl. The van der Waals surface area contributed by atoms with Crippen LogP contribution in [0.15, 0.2) is 29.2 Å². The van der Waals surface area contributed by atoms with Crippen molar-refractivity contribution in [1.29, 1.82) is 0 Å². The fourth-order valence-corrected chi connectivity index (χ4v) is 2.95. The highest BCUT2D eigenvalue weighted by Crippen LogP contribution is 2.20. The zero-order chi connectivity index (χ0) is 13.9. The zero-order valence-corrected chi connectivity index (χ0v) is 13.5. The van der Waals surface area contributed by atoms with E-state index in [2.05, 4.69) is 13.8 Å². The Morgan fingerprint density at radius 3 is 2.00 bits per heavy atom. The Hall–Kier alpha value is -0.620. The fourth-order valence-electron chi connectivity index (χ4n) is 1.58. The monoisotopic (exact) mass is 306 g/mol. The summed E-state index contributed by atoms with van der Waals surface area (Å²) in [5, 5.41) is 0. The molecule has 6 heteroatoms. The first-order valence-corrected chi connectivity index (χ1v) is 7.52. The van der Waals surface area contributed by atoms with Crippen molar-refractivity contribution in [3.05, 3.63) is 29.8 Å². The van der Waals surface area contributed by atoms with E-state index in [1.54, 1.807) is 26.1 Å².